The van der Waals surface area contributed by atoms with Gasteiger partial charge in [0.1, 0.15) is 5.82 Å². The first-order valence-electron chi connectivity index (χ1n) is 8.49. The molecule has 2 aromatic heterocycles. The minimum absolute atomic E-state index is 0.649. The van der Waals surface area contributed by atoms with Gasteiger partial charge in [-0.1, -0.05) is 24.3 Å². The third kappa shape index (κ3) is 2.95. The van der Waals surface area contributed by atoms with Crippen LogP contribution in [0.1, 0.15) is 28.1 Å². The van der Waals surface area contributed by atoms with Gasteiger partial charge in [0.05, 0.1) is 5.69 Å². The predicted molar refractivity (Wildman–Crippen MR) is 98.4 cm³/mol. The molecule has 6 heteroatoms. The van der Waals surface area contributed by atoms with Crippen LogP contribution in [0.15, 0.2) is 36.5 Å². The van der Waals surface area contributed by atoms with E-state index in [9.17, 15) is 0 Å². The van der Waals surface area contributed by atoms with Gasteiger partial charge in [0.15, 0.2) is 0 Å². The lowest BCUT2D eigenvalue weighted by Crippen LogP contribution is -2.17. The summed E-state index contributed by atoms with van der Waals surface area (Å²) in [6.45, 7) is 6.58. The zero-order valence-electron chi connectivity index (χ0n) is 14.8. The number of hydrogen-bond donors (Lipinski definition) is 1. The average Bonchev–Trinajstić information content (AvgIpc) is 3.15. The van der Waals surface area contributed by atoms with Gasteiger partial charge >= 0.3 is 0 Å². The SMILES string of the molecule is Cc1nn(C)c(C)c1CNc1nccc(N2Cc3ccccc3C2)n1. The topological polar surface area (TPSA) is 58.9 Å². The van der Waals surface area contributed by atoms with Crippen molar-refractivity contribution in [1.29, 1.82) is 0 Å². The van der Waals surface area contributed by atoms with Crippen LogP contribution in [0.25, 0.3) is 0 Å². The van der Waals surface area contributed by atoms with Crippen molar-refractivity contribution in [2.45, 2.75) is 33.5 Å². The van der Waals surface area contributed by atoms with Crippen molar-refractivity contribution < 1.29 is 0 Å². The van der Waals surface area contributed by atoms with Crippen LogP contribution in [0, 0.1) is 13.8 Å². The Morgan fingerprint density at radius 1 is 1.08 bits per heavy atom. The molecule has 1 aliphatic heterocycles. The van der Waals surface area contributed by atoms with Crippen molar-refractivity contribution in [1.82, 2.24) is 19.7 Å². The first-order chi connectivity index (χ1) is 12.1. The van der Waals surface area contributed by atoms with E-state index in [1.54, 1.807) is 0 Å². The average molecular weight is 334 g/mol. The molecule has 0 amide bonds. The molecule has 3 aromatic rings. The summed E-state index contributed by atoms with van der Waals surface area (Å²) >= 11 is 0. The van der Waals surface area contributed by atoms with Crippen LogP contribution < -0.4 is 10.2 Å². The largest absolute Gasteiger partial charge is 0.350 e. The highest BCUT2D eigenvalue weighted by Gasteiger charge is 2.20. The molecule has 4 rings (SSSR count). The van der Waals surface area contributed by atoms with E-state index >= 15 is 0 Å². The van der Waals surface area contributed by atoms with E-state index in [2.05, 4.69) is 51.5 Å². The lowest BCUT2D eigenvalue weighted by atomic mass is 10.1. The van der Waals surface area contributed by atoms with Gasteiger partial charge in [-0.05, 0) is 31.0 Å². The maximum absolute atomic E-state index is 4.70. The molecule has 1 aromatic carbocycles. The number of rotatable bonds is 4. The smallest absolute Gasteiger partial charge is 0.224 e. The fraction of sp³-hybridized carbons (Fsp3) is 0.316. The number of aromatic nitrogens is 4. The van der Waals surface area contributed by atoms with Gasteiger partial charge in [-0.3, -0.25) is 4.68 Å². The zero-order valence-corrected chi connectivity index (χ0v) is 14.8. The van der Waals surface area contributed by atoms with Crippen LogP contribution in [-0.4, -0.2) is 19.7 Å². The minimum atomic E-state index is 0.649. The van der Waals surface area contributed by atoms with E-state index in [0.29, 0.717) is 12.5 Å². The Bertz CT molecular complexity index is 889. The first kappa shape index (κ1) is 15.6. The van der Waals surface area contributed by atoms with Crippen LogP contribution in [0.5, 0.6) is 0 Å². The molecule has 128 valence electrons. The van der Waals surface area contributed by atoms with Crippen molar-refractivity contribution in [2.75, 3.05) is 10.2 Å². The number of hydrogen-bond acceptors (Lipinski definition) is 5. The molecule has 1 aliphatic rings. The van der Waals surface area contributed by atoms with Crippen LogP contribution in [0.4, 0.5) is 11.8 Å². The van der Waals surface area contributed by atoms with Gasteiger partial charge in [0.2, 0.25) is 5.95 Å². The number of benzene rings is 1. The second kappa shape index (κ2) is 6.20. The summed E-state index contributed by atoms with van der Waals surface area (Å²) in [5.74, 6) is 1.60. The van der Waals surface area contributed by atoms with Gasteiger partial charge < -0.3 is 10.2 Å². The lowest BCUT2D eigenvalue weighted by molar-refractivity contribution is 0.730. The maximum atomic E-state index is 4.70. The molecule has 0 fully saturated rings. The third-order valence-corrected chi connectivity index (χ3v) is 4.89. The molecule has 25 heavy (non-hydrogen) atoms. The summed E-state index contributed by atoms with van der Waals surface area (Å²) in [4.78, 5) is 11.3. The highest BCUT2D eigenvalue weighted by molar-refractivity contribution is 5.49. The Labute approximate surface area is 147 Å². The summed E-state index contributed by atoms with van der Waals surface area (Å²) in [6, 6.07) is 10.5. The number of nitrogens with zero attached hydrogens (tertiary/aromatic N) is 5. The van der Waals surface area contributed by atoms with E-state index in [-0.39, 0.29) is 0 Å². The maximum Gasteiger partial charge on any atom is 0.224 e. The molecular formula is C19H22N6. The van der Waals surface area contributed by atoms with Crippen molar-refractivity contribution in [3.05, 3.63) is 64.6 Å². The Morgan fingerprint density at radius 2 is 1.80 bits per heavy atom. The van der Waals surface area contributed by atoms with E-state index in [0.717, 1.165) is 30.3 Å². The Balaban J connectivity index is 1.49. The van der Waals surface area contributed by atoms with Crippen LogP contribution >= 0.6 is 0 Å². The van der Waals surface area contributed by atoms with Gasteiger partial charge in [-0.2, -0.15) is 10.1 Å². The summed E-state index contributed by atoms with van der Waals surface area (Å²) in [6.07, 6.45) is 1.82. The quantitative estimate of drug-likeness (QED) is 0.795. The van der Waals surface area contributed by atoms with Gasteiger partial charge in [0, 0.05) is 44.1 Å². The molecular weight excluding hydrogens is 312 g/mol. The Morgan fingerprint density at radius 3 is 2.44 bits per heavy atom. The van der Waals surface area contributed by atoms with Crippen LogP contribution in [0.3, 0.4) is 0 Å². The van der Waals surface area contributed by atoms with E-state index in [1.807, 2.05) is 30.9 Å². The number of nitrogens with one attached hydrogen (secondary N) is 1. The predicted octanol–water partition coefficient (Wildman–Crippen LogP) is 2.96. The number of aryl methyl sites for hydroxylation is 2. The fourth-order valence-corrected chi connectivity index (χ4v) is 3.35. The molecule has 6 nitrogen and oxygen atoms in total. The summed E-state index contributed by atoms with van der Waals surface area (Å²) in [7, 11) is 1.97. The van der Waals surface area contributed by atoms with Crippen LogP contribution in [-0.2, 0) is 26.7 Å². The van der Waals surface area contributed by atoms with Gasteiger partial charge in [-0.15, -0.1) is 0 Å². The monoisotopic (exact) mass is 334 g/mol. The first-order valence-corrected chi connectivity index (χ1v) is 8.49. The zero-order chi connectivity index (χ0) is 17.4. The molecule has 0 unspecified atom stereocenters. The molecule has 0 aliphatic carbocycles. The van der Waals surface area contributed by atoms with Crippen molar-refractivity contribution in [2.24, 2.45) is 7.05 Å². The van der Waals surface area contributed by atoms with Gasteiger partial charge in [0.25, 0.3) is 0 Å². The highest BCUT2D eigenvalue weighted by Crippen LogP contribution is 2.27. The lowest BCUT2D eigenvalue weighted by Gasteiger charge is -2.17. The molecule has 0 saturated heterocycles. The standard InChI is InChI=1S/C19H22N6/c1-13-17(14(2)24(3)23-13)10-21-19-20-9-8-18(22-19)25-11-15-6-4-5-7-16(15)12-25/h4-9H,10-12H2,1-3H3,(H,20,21,22). The van der Waals surface area contributed by atoms with E-state index in [1.165, 1.54) is 16.7 Å². The van der Waals surface area contributed by atoms with Crippen molar-refractivity contribution in [3.63, 3.8) is 0 Å². The number of anilines is 2. The molecule has 0 radical (unpaired) electrons. The van der Waals surface area contributed by atoms with Crippen LogP contribution in [0.2, 0.25) is 0 Å². The second-order valence-electron chi connectivity index (χ2n) is 6.49. The normalized spacial score (nSPS) is 13.2. The van der Waals surface area contributed by atoms with Crippen molar-refractivity contribution >= 4 is 11.8 Å². The second-order valence-corrected chi connectivity index (χ2v) is 6.49. The van der Waals surface area contributed by atoms with Crippen molar-refractivity contribution in [3.8, 4) is 0 Å². The number of fused-ring (bicyclic) bond motifs is 1. The summed E-state index contributed by atoms with van der Waals surface area (Å²) < 4.78 is 1.91. The molecule has 0 spiro atoms. The van der Waals surface area contributed by atoms with E-state index < -0.39 is 0 Å². The molecule has 0 bridgehead atoms. The molecule has 0 atom stereocenters. The highest BCUT2D eigenvalue weighted by atomic mass is 15.3. The summed E-state index contributed by atoms with van der Waals surface area (Å²) in [5, 5.41) is 7.79. The van der Waals surface area contributed by atoms with Gasteiger partial charge in [-0.25, -0.2) is 4.98 Å². The summed E-state index contributed by atoms with van der Waals surface area (Å²) in [5.41, 5.74) is 6.15. The Hall–Kier alpha value is -2.89. The van der Waals surface area contributed by atoms with E-state index in [4.69, 9.17) is 4.98 Å². The molecule has 1 N–H and O–H groups in total. The molecule has 3 heterocycles. The fourth-order valence-electron chi connectivity index (χ4n) is 3.35. The molecule has 0 saturated carbocycles. The third-order valence-electron chi connectivity index (χ3n) is 4.89. The minimum Gasteiger partial charge on any atom is -0.350 e. The Kier molecular flexibility index (Phi) is 3.87.